The fraction of sp³-hybridized carbons (Fsp3) is 0.625. The lowest BCUT2D eigenvalue weighted by atomic mass is 9.82. The van der Waals surface area contributed by atoms with E-state index in [1.165, 1.54) is 24.3 Å². The van der Waals surface area contributed by atoms with Gasteiger partial charge in [-0.15, -0.1) is 0 Å². The van der Waals surface area contributed by atoms with Gasteiger partial charge in [-0.05, 0) is 25.2 Å². The fourth-order valence-corrected chi connectivity index (χ4v) is 7.33. The Bertz CT molecular complexity index is 1440. The van der Waals surface area contributed by atoms with Crippen molar-refractivity contribution in [2.45, 2.75) is 90.4 Å². The van der Waals surface area contributed by atoms with Crippen LogP contribution < -0.4 is 0 Å². The number of carbonyl (C=O) groups excluding carboxylic acids is 3. The predicted octanol–water partition coefficient (Wildman–Crippen LogP) is 6.12. The number of amides is 2. The molecule has 0 aromatic carbocycles. The molecule has 1 atom stereocenters. The van der Waals surface area contributed by atoms with Gasteiger partial charge >= 0.3 is 12.1 Å². The molecule has 0 bridgehead atoms. The monoisotopic (exact) mass is 702 g/mol. The Labute approximate surface area is 282 Å². The van der Waals surface area contributed by atoms with E-state index in [0.717, 1.165) is 24.0 Å². The molecule has 1 aromatic heterocycles. The summed E-state index contributed by atoms with van der Waals surface area (Å²) in [6.07, 6.45) is 2.91. The van der Waals surface area contributed by atoms with E-state index >= 15 is 0 Å². The third kappa shape index (κ3) is 8.17. The highest BCUT2D eigenvalue weighted by Crippen LogP contribution is 2.45. The number of hydrogen-bond donors (Lipinski definition) is 1. The SMILES string of the molecule is CC(C)(C)C(=O)N1CC(N(CC(=O)c2c(Cl)cncc2Cl)C(=O)C2=C(C(F)(F)F)[N+](C)(C3CCC(CCCCC(=O)O)CC3)N=C2)C1. The maximum absolute atomic E-state index is 14.9. The summed E-state index contributed by atoms with van der Waals surface area (Å²) in [5, 5.41) is 13.0. The summed E-state index contributed by atoms with van der Waals surface area (Å²) in [6.45, 7) is 4.68. The van der Waals surface area contributed by atoms with Crippen molar-refractivity contribution in [2.24, 2.45) is 16.4 Å². The lowest BCUT2D eigenvalue weighted by Crippen LogP contribution is -2.64. The zero-order chi connectivity index (χ0) is 34.9. The maximum Gasteiger partial charge on any atom is 0.470 e. The van der Waals surface area contributed by atoms with E-state index in [1.807, 2.05) is 0 Å². The Morgan fingerprint density at radius 3 is 2.15 bits per heavy atom. The van der Waals surface area contributed by atoms with Crippen LogP contribution in [-0.2, 0) is 14.4 Å². The van der Waals surface area contributed by atoms with Gasteiger partial charge in [0.2, 0.25) is 5.91 Å². The zero-order valence-electron chi connectivity index (χ0n) is 26.9. The van der Waals surface area contributed by atoms with E-state index < -0.39 is 63.7 Å². The van der Waals surface area contributed by atoms with Crippen LogP contribution in [0.3, 0.4) is 0 Å². The molecule has 1 saturated carbocycles. The summed E-state index contributed by atoms with van der Waals surface area (Å²) in [6, 6.07) is -1.26. The minimum absolute atomic E-state index is 0.0430. The van der Waals surface area contributed by atoms with E-state index in [1.54, 1.807) is 20.8 Å². The molecule has 10 nitrogen and oxygen atoms in total. The number of carbonyl (C=O) groups is 4. The van der Waals surface area contributed by atoms with Gasteiger partial charge in [0.1, 0.15) is 17.8 Å². The molecule has 3 heterocycles. The van der Waals surface area contributed by atoms with Gasteiger partial charge in [-0.3, -0.25) is 24.2 Å². The number of aromatic nitrogens is 1. The smallest absolute Gasteiger partial charge is 0.470 e. The summed E-state index contributed by atoms with van der Waals surface area (Å²) in [4.78, 5) is 57.7. The summed E-state index contributed by atoms with van der Waals surface area (Å²) in [5.74, 6) is -2.46. The Morgan fingerprint density at radius 1 is 1.02 bits per heavy atom. The average molecular weight is 704 g/mol. The third-order valence-corrected chi connectivity index (χ3v) is 9.93. The molecule has 2 aliphatic heterocycles. The van der Waals surface area contributed by atoms with Gasteiger partial charge < -0.3 is 14.9 Å². The first kappa shape index (κ1) is 36.8. The second-order valence-corrected chi connectivity index (χ2v) is 14.6. The topological polar surface area (TPSA) is 120 Å². The number of ketones is 1. The van der Waals surface area contributed by atoms with E-state index in [-0.39, 0.29) is 46.9 Å². The van der Waals surface area contributed by atoms with Gasteiger partial charge in [0, 0.05) is 50.2 Å². The van der Waals surface area contributed by atoms with Crippen LogP contribution in [0.4, 0.5) is 13.2 Å². The standard InChI is InChI=1S/C32H40Cl2F3N5O5/c1-31(2,3)30(47)40-16-20(17-40)41(18-25(43)27-23(33)14-38-15-24(27)34)29(46)22-13-39-42(4,28(22)32(35,36)37)21-11-9-19(10-12-21)7-5-6-8-26(44)45/h13-15,19-21H,5-12,16-18H2,1-4H3/p+1. The van der Waals surface area contributed by atoms with Gasteiger partial charge in [-0.25, -0.2) is 0 Å². The number of likely N-dealkylation sites (tertiary alicyclic amines) is 1. The highest BCUT2D eigenvalue weighted by atomic mass is 35.5. The van der Waals surface area contributed by atoms with Crippen LogP contribution in [0.1, 0.15) is 82.5 Å². The Morgan fingerprint density at radius 2 is 1.62 bits per heavy atom. The number of halogens is 5. The Hall–Kier alpha value is -3.03. The summed E-state index contributed by atoms with van der Waals surface area (Å²) in [5.41, 5.74) is -2.55. The first-order chi connectivity index (χ1) is 21.8. The summed E-state index contributed by atoms with van der Waals surface area (Å²) < 4.78 is 43.9. The van der Waals surface area contributed by atoms with E-state index in [9.17, 15) is 32.3 Å². The van der Waals surface area contributed by atoms with Crippen LogP contribution in [0, 0.1) is 11.3 Å². The number of carboxylic acids is 1. The van der Waals surface area contributed by atoms with Crippen molar-refractivity contribution in [1.82, 2.24) is 14.8 Å². The third-order valence-electron chi connectivity index (χ3n) is 9.35. The van der Waals surface area contributed by atoms with Gasteiger partial charge in [-0.2, -0.15) is 17.8 Å². The average Bonchev–Trinajstić information content (AvgIpc) is 3.32. The zero-order valence-corrected chi connectivity index (χ0v) is 28.5. The van der Waals surface area contributed by atoms with Crippen LogP contribution >= 0.6 is 23.2 Å². The maximum atomic E-state index is 14.9. The molecule has 2 fully saturated rings. The molecule has 1 aliphatic carbocycles. The van der Waals surface area contributed by atoms with Gasteiger partial charge in [0.25, 0.3) is 11.6 Å². The molecule has 0 spiro atoms. The van der Waals surface area contributed by atoms with Crippen molar-refractivity contribution in [3.05, 3.63) is 39.3 Å². The number of hydrogen-bond acceptors (Lipinski definition) is 6. The number of pyridine rings is 1. The van der Waals surface area contributed by atoms with Crippen molar-refractivity contribution < 1.29 is 42.0 Å². The van der Waals surface area contributed by atoms with Gasteiger partial charge in [-0.1, -0.05) is 61.9 Å². The summed E-state index contributed by atoms with van der Waals surface area (Å²) in [7, 11) is 1.36. The number of rotatable bonds is 11. The first-order valence-electron chi connectivity index (χ1n) is 15.7. The highest BCUT2D eigenvalue weighted by Gasteiger charge is 2.58. The molecule has 1 saturated heterocycles. The molecule has 2 amide bonds. The molecule has 3 aliphatic rings. The molecule has 258 valence electrons. The lowest BCUT2D eigenvalue weighted by Gasteiger charge is -2.47. The molecule has 1 aromatic rings. The minimum atomic E-state index is -4.91. The largest absolute Gasteiger partial charge is 0.481 e. The van der Waals surface area contributed by atoms with Crippen LogP contribution in [-0.4, -0.2) is 99.2 Å². The molecule has 0 radical (unpaired) electrons. The molecule has 15 heteroatoms. The Balaban J connectivity index is 1.60. The van der Waals surface area contributed by atoms with Crippen LogP contribution in [0.2, 0.25) is 10.0 Å². The molecule has 4 rings (SSSR count). The molecule has 47 heavy (non-hydrogen) atoms. The second-order valence-electron chi connectivity index (χ2n) is 13.8. The number of quaternary nitrogens is 1. The number of Topliss-reactive ketones (excluding diaryl/α,β-unsaturated/α-hetero) is 1. The van der Waals surface area contributed by atoms with Crippen molar-refractivity contribution >= 4 is 53.0 Å². The molecule has 1 unspecified atom stereocenters. The molecule has 1 N–H and O–H groups in total. The predicted molar refractivity (Wildman–Crippen MR) is 170 cm³/mol. The lowest BCUT2D eigenvalue weighted by molar-refractivity contribution is -0.911. The number of alkyl halides is 3. The van der Waals surface area contributed by atoms with E-state index in [0.29, 0.717) is 32.1 Å². The molecular formula is C32H41Cl2F3N5O5+. The molecular weight excluding hydrogens is 662 g/mol. The fourth-order valence-electron chi connectivity index (χ4n) is 6.75. The van der Waals surface area contributed by atoms with E-state index in [4.69, 9.17) is 28.3 Å². The van der Waals surface area contributed by atoms with E-state index in [2.05, 4.69) is 10.1 Å². The quantitative estimate of drug-likeness (QED) is 0.169. The minimum Gasteiger partial charge on any atom is -0.481 e. The number of nitrogens with zero attached hydrogens (tertiary/aromatic N) is 5. The van der Waals surface area contributed by atoms with Gasteiger partial charge in [0.15, 0.2) is 5.78 Å². The number of aliphatic carboxylic acids is 1. The van der Waals surface area contributed by atoms with Crippen molar-refractivity contribution in [3.8, 4) is 0 Å². The second kappa shape index (κ2) is 14.2. The first-order valence-corrected chi connectivity index (χ1v) is 16.5. The van der Waals surface area contributed by atoms with Crippen LogP contribution in [0.25, 0.3) is 0 Å². The van der Waals surface area contributed by atoms with Gasteiger partial charge in [0.05, 0.1) is 35.2 Å². The number of allylic oxidation sites excluding steroid dienone is 1. The van der Waals surface area contributed by atoms with Crippen molar-refractivity contribution in [3.63, 3.8) is 0 Å². The number of unbranched alkanes of at least 4 members (excludes halogenated alkanes) is 1. The highest BCUT2D eigenvalue weighted by molar-refractivity contribution is 6.39. The number of carboxylic acid groups (broad SMARTS) is 1. The normalized spacial score (nSPS) is 23.6. The van der Waals surface area contributed by atoms with Crippen molar-refractivity contribution in [2.75, 3.05) is 26.7 Å². The van der Waals surface area contributed by atoms with Crippen LogP contribution in [0.5, 0.6) is 0 Å². The van der Waals surface area contributed by atoms with Crippen LogP contribution in [0.15, 0.2) is 28.8 Å². The summed E-state index contributed by atoms with van der Waals surface area (Å²) >= 11 is 12.4. The Kier molecular flexibility index (Phi) is 11.1. The van der Waals surface area contributed by atoms with Crippen molar-refractivity contribution in [1.29, 1.82) is 0 Å².